The standard InChI is InChI=1S/C24H39O5P/c1-6-7-8-9-10-11-12-14-24(5)15-13-21-20(4)22(28-16-17-30(25,26)27)18(2)19(3)23(21)29-24/h12,14H,6-11,13,15-17H2,1-5H3,(H2,25,26,27). The van der Waals surface area contributed by atoms with Crippen LogP contribution in [0.5, 0.6) is 11.5 Å². The smallest absolute Gasteiger partial charge is 0.328 e. The van der Waals surface area contributed by atoms with Crippen LogP contribution in [0.4, 0.5) is 0 Å². The molecule has 0 saturated carbocycles. The molecule has 1 aromatic carbocycles. The first-order chi connectivity index (χ1) is 14.1. The lowest BCUT2D eigenvalue weighted by molar-refractivity contribution is 0.112. The molecule has 0 radical (unpaired) electrons. The Morgan fingerprint density at radius 1 is 1.10 bits per heavy atom. The van der Waals surface area contributed by atoms with Crippen molar-refractivity contribution in [2.24, 2.45) is 0 Å². The Balaban J connectivity index is 2.08. The van der Waals surface area contributed by atoms with Gasteiger partial charge in [-0.1, -0.05) is 38.7 Å². The molecule has 5 nitrogen and oxygen atoms in total. The van der Waals surface area contributed by atoms with Gasteiger partial charge in [0, 0.05) is 5.56 Å². The summed E-state index contributed by atoms with van der Waals surface area (Å²) in [5.41, 5.74) is 3.88. The second-order valence-electron chi connectivity index (χ2n) is 8.77. The van der Waals surface area contributed by atoms with Gasteiger partial charge in [0.15, 0.2) is 0 Å². The van der Waals surface area contributed by atoms with Crippen LogP contribution in [-0.2, 0) is 11.0 Å². The van der Waals surface area contributed by atoms with E-state index >= 15 is 0 Å². The summed E-state index contributed by atoms with van der Waals surface area (Å²) in [4.78, 5) is 18.2. The predicted molar refractivity (Wildman–Crippen MR) is 123 cm³/mol. The topological polar surface area (TPSA) is 76.0 Å². The van der Waals surface area contributed by atoms with Crippen LogP contribution in [0, 0.1) is 20.8 Å². The highest BCUT2D eigenvalue weighted by atomic mass is 31.2. The average Bonchev–Trinajstić information content (AvgIpc) is 2.67. The van der Waals surface area contributed by atoms with Gasteiger partial charge in [0.2, 0.25) is 0 Å². The van der Waals surface area contributed by atoms with Crippen molar-refractivity contribution in [3.8, 4) is 11.5 Å². The molecular formula is C24H39O5P. The molecule has 1 atom stereocenters. The van der Waals surface area contributed by atoms with Crippen molar-refractivity contribution in [3.05, 3.63) is 34.4 Å². The van der Waals surface area contributed by atoms with Crippen LogP contribution in [0.2, 0.25) is 0 Å². The Morgan fingerprint density at radius 2 is 1.80 bits per heavy atom. The third-order valence-electron chi connectivity index (χ3n) is 6.09. The molecule has 0 saturated heterocycles. The number of ether oxygens (including phenoxy) is 2. The van der Waals surface area contributed by atoms with E-state index in [1.807, 2.05) is 20.8 Å². The number of hydrogen-bond acceptors (Lipinski definition) is 3. The van der Waals surface area contributed by atoms with Crippen LogP contribution in [0.25, 0.3) is 0 Å². The van der Waals surface area contributed by atoms with E-state index in [0.717, 1.165) is 53.0 Å². The number of allylic oxidation sites excluding steroid dienone is 1. The summed E-state index contributed by atoms with van der Waals surface area (Å²) >= 11 is 0. The first-order valence-corrected chi connectivity index (χ1v) is 13.0. The van der Waals surface area contributed by atoms with Crippen LogP contribution >= 0.6 is 7.60 Å². The summed E-state index contributed by atoms with van der Waals surface area (Å²) in [5.74, 6) is 1.67. The lowest BCUT2D eigenvalue weighted by atomic mass is 9.86. The van der Waals surface area contributed by atoms with Crippen molar-refractivity contribution >= 4 is 7.60 Å². The largest absolute Gasteiger partial charge is 0.492 e. The Bertz CT molecular complexity index is 796. The molecular weight excluding hydrogens is 399 g/mol. The van der Waals surface area contributed by atoms with Crippen molar-refractivity contribution in [1.82, 2.24) is 0 Å². The van der Waals surface area contributed by atoms with Crippen LogP contribution in [0.15, 0.2) is 12.2 Å². The van der Waals surface area contributed by atoms with Gasteiger partial charge in [0.1, 0.15) is 17.1 Å². The number of rotatable bonds is 11. The zero-order valence-electron chi connectivity index (χ0n) is 19.3. The number of benzene rings is 1. The van der Waals surface area contributed by atoms with Crippen LogP contribution < -0.4 is 9.47 Å². The molecule has 0 fully saturated rings. The van der Waals surface area contributed by atoms with Gasteiger partial charge in [-0.15, -0.1) is 0 Å². The lowest BCUT2D eigenvalue weighted by Gasteiger charge is -2.36. The van der Waals surface area contributed by atoms with Gasteiger partial charge in [-0.25, -0.2) is 0 Å². The third kappa shape index (κ3) is 6.87. The van der Waals surface area contributed by atoms with Gasteiger partial charge < -0.3 is 19.3 Å². The zero-order chi connectivity index (χ0) is 22.4. The molecule has 30 heavy (non-hydrogen) atoms. The van der Waals surface area contributed by atoms with E-state index in [9.17, 15) is 4.57 Å². The normalized spacial score (nSPS) is 19.0. The molecule has 2 rings (SSSR count). The Hall–Kier alpha value is -1.29. The van der Waals surface area contributed by atoms with Gasteiger partial charge >= 0.3 is 7.60 Å². The van der Waals surface area contributed by atoms with Gasteiger partial charge in [0.25, 0.3) is 0 Å². The fourth-order valence-corrected chi connectivity index (χ4v) is 4.38. The summed E-state index contributed by atoms with van der Waals surface area (Å²) in [7, 11) is -4.06. The maximum Gasteiger partial charge on any atom is 0.328 e. The Morgan fingerprint density at radius 3 is 2.47 bits per heavy atom. The quantitative estimate of drug-likeness (QED) is 0.245. The molecule has 1 heterocycles. The lowest BCUT2D eigenvalue weighted by Crippen LogP contribution is -2.35. The van der Waals surface area contributed by atoms with E-state index in [1.165, 1.54) is 32.1 Å². The number of fused-ring (bicyclic) bond motifs is 1. The van der Waals surface area contributed by atoms with Crippen molar-refractivity contribution < 1.29 is 23.8 Å². The molecule has 6 heteroatoms. The van der Waals surface area contributed by atoms with E-state index in [-0.39, 0.29) is 18.4 Å². The number of hydrogen-bond donors (Lipinski definition) is 2. The monoisotopic (exact) mass is 438 g/mol. The molecule has 2 N–H and O–H groups in total. The summed E-state index contributed by atoms with van der Waals surface area (Å²) in [5, 5.41) is 0. The van der Waals surface area contributed by atoms with Crippen molar-refractivity contribution in [3.63, 3.8) is 0 Å². The highest BCUT2D eigenvalue weighted by molar-refractivity contribution is 7.51. The van der Waals surface area contributed by atoms with E-state index in [0.29, 0.717) is 0 Å². The maximum absolute atomic E-state index is 11.1. The molecule has 0 aromatic heterocycles. The number of unbranched alkanes of at least 4 members (excludes halogenated alkanes) is 5. The molecule has 1 aromatic rings. The molecule has 170 valence electrons. The molecule has 1 unspecified atom stereocenters. The van der Waals surface area contributed by atoms with E-state index in [2.05, 4.69) is 26.0 Å². The highest BCUT2D eigenvalue weighted by Crippen LogP contribution is 2.44. The summed E-state index contributed by atoms with van der Waals surface area (Å²) < 4.78 is 23.4. The van der Waals surface area contributed by atoms with E-state index in [1.54, 1.807) is 0 Å². The minimum absolute atomic E-state index is 0.00372. The van der Waals surface area contributed by atoms with Gasteiger partial charge in [-0.2, -0.15) is 0 Å². The Kier molecular flexibility index (Phi) is 9.02. The van der Waals surface area contributed by atoms with E-state index in [4.69, 9.17) is 19.3 Å². The van der Waals surface area contributed by atoms with Crippen molar-refractivity contribution in [2.45, 2.75) is 91.6 Å². The van der Waals surface area contributed by atoms with Crippen LogP contribution in [0.3, 0.4) is 0 Å². The summed E-state index contributed by atoms with van der Waals surface area (Å²) in [6.45, 7) is 10.4. The first-order valence-electron chi connectivity index (χ1n) is 11.2. The Labute approximate surface area is 182 Å². The molecule has 1 aliphatic heterocycles. The second kappa shape index (κ2) is 10.8. The predicted octanol–water partition coefficient (Wildman–Crippen LogP) is 6.17. The molecule has 0 spiro atoms. The first kappa shape index (κ1) is 25.0. The van der Waals surface area contributed by atoms with Crippen LogP contribution in [-0.4, -0.2) is 28.2 Å². The fourth-order valence-electron chi connectivity index (χ4n) is 4.05. The zero-order valence-corrected chi connectivity index (χ0v) is 20.2. The summed E-state index contributed by atoms with van der Waals surface area (Å²) in [6.07, 6.45) is 13.6. The van der Waals surface area contributed by atoms with Gasteiger partial charge in [0.05, 0.1) is 12.8 Å². The molecule has 0 bridgehead atoms. The van der Waals surface area contributed by atoms with Crippen molar-refractivity contribution in [2.75, 3.05) is 12.8 Å². The molecule has 0 amide bonds. The summed E-state index contributed by atoms with van der Waals surface area (Å²) in [6, 6.07) is 0. The minimum atomic E-state index is -4.06. The van der Waals surface area contributed by atoms with E-state index < -0.39 is 7.60 Å². The second-order valence-corrected chi connectivity index (χ2v) is 10.5. The minimum Gasteiger partial charge on any atom is -0.492 e. The fraction of sp³-hybridized carbons (Fsp3) is 0.667. The molecule has 0 aliphatic carbocycles. The SMILES string of the molecule is CCCCCCCC=CC1(C)CCc2c(C)c(OCCP(=O)(O)O)c(C)c(C)c2O1. The van der Waals surface area contributed by atoms with Gasteiger partial charge in [-0.3, -0.25) is 4.57 Å². The third-order valence-corrected chi connectivity index (χ3v) is 6.86. The average molecular weight is 439 g/mol. The van der Waals surface area contributed by atoms with Crippen LogP contribution in [0.1, 0.15) is 81.0 Å². The van der Waals surface area contributed by atoms with Crippen molar-refractivity contribution in [1.29, 1.82) is 0 Å². The molecule has 1 aliphatic rings. The highest BCUT2D eigenvalue weighted by Gasteiger charge is 2.33. The van der Waals surface area contributed by atoms with Gasteiger partial charge in [-0.05, 0) is 76.1 Å². The maximum atomic E-state index is 11.1.